The summed E-state index contributed by atoms with van der Waals surface area (Å²) in [6.07, 6.45) is 1.15. The molecule has 5 rings (SSSR count). The molecular weight excluding hydrogens is 389 g/mol. The molecule has 0 atom stereocenters. The van der Waals surface area contributed by atoms with Crippen molar-refractivity contribution in [3.05, 3.63) is 59.6 Å². The minimum Gasteiger partial charge on any atom is -0.486 e. The number of likely N-dealkylation sites (tertiary alicyclic amines) is 1. The second kappa shape index (κ2) is 7.48. The molecule has 7 heteroatoms. The van der Waals surface area contributed by atoms with E-state index in [-0.39, 0.29) is 29.2 Å². The summed E-state index contributed by atoms with van der Waals surface area (Å²) >= 11 is 0. The number of piperidine rings is 1. The smallest absolute Gasteiger partial charge is 0.289 e. The van der Waals surface area contributed by atoms with Gasteiger partial charge in [-0.25, -0.2) is 4.39 Å². The third-order valence-corrected chi connectivity index (χ3v) is 5.67. The van der Waals surface area contributed by atoms with Crippen molar-refractivity contribution < 1.29 is 27.9 Å². The molecule has 0 aliphatic carbocycles. The van der Waals surface area contributed by atoms with E-state index in [1.807, 2.05) is 0 Å². The van der Waals surface area contributed by atoms with E-state index in [0.717, 1.165) is 0 Å². The Morgan fingerprint density at radius 1 is 0.933 bits per heavy atom. The number of ketones is 1. The Balaban J connectivity index is 1.25. The van der Waals surface area contributed by atoms with Crippen molar-refractivity contribution >= 4 is 22.7 Å². The van der Waals surface area contributed by atoms with Crippen molar-refractivity contribution in [2.45, 2.75) is 12.8 Å². The normalized spacial score (nSPS) is 16.6. The van der Waals surface area contributed by atoms with Gasteiger partial charge in [-0.15, -0.1) is 0 Å². The number of nitrogens with zero attached hydrogens (tertiary/aromatic N) is 1. The summed E-state index contributed by atoms with van der Waals surface area (Å²) in [5, 5.41) is 0.557. The predicted molar refractivity (Wildman–Crippen MR) is 107 cm³/mol. The Bertz CT molecular complexity index is 1130. The van der Waals surface area contributed by atoms with Gasteiger partial charge in [0.05, 0.1) is 0 Å². The maximum Gasteiger partial charge on any atom is 0.289 e. The van der Waals surface area contributed by atoms with Crippen LogP contribution in [0.4, 0.5) is 4.39 Å². The van der Waals surface area contributed by atoms with E-state index in [0.29, 0.717) is 67.2 Å². The number of rotatable bonds is 3. The Labute approximate surface area is 172 Å². The first-order chi connectivity index (χ1) is 14.6. The van der Waals surface area contributed by atoms with Gasteiger partial charge in [-0.2, -0.15) is 0 Å². The number of furan rings is 1. The molecule has 1 aromatic heterocycles. The number of Topliss-reactive ketones (excluding diaryl/α,β-unsaturated/α-hetero) is 1. The molecule has 3 heterocycles. The van der Waals surface area contributed by atoms with Gasteiger partial charge < -0.3 is 18.8 Å². The van der Waals surface area contributed by atoms with Crippen molar-refractivity contribution in [3.63, 3.8) is 0 Å². The van der Waals surface area contributed by atoms with E-state index in [9.17, 15) is 14.0 Å². The van der Waals surface area contributed by atoms with Gasteiger partial charge >= 0.3 is 0 Å². The lowest BCUT2D eigenvalue weighted by Crippen LogP contribution is -2.40. The standard InChI is InChI=1S/C23H20FNO5/c24-17-2-4-18-16(11-17)13-21(30-18)23(27)25-7-5-14(6-8-25)22(26)15-1-3-19-20(12-15)29-10-9-28-19/h1-4,11-14H,5-10H2. The van der Waals surface area contributed by atoms with Crippen LogP contribution in [0.15, 0.2) is 46.9 Å². The molecule has 1 amide bonds. The van der Waals surface area contributed by atoms with Crippen molar-refractivity contribution in [1.82, 2.24) is 4.90 Å². The fourth-order valence-electron chi connectivity index (χ4n) is 4.05. The molecule has 0 N–H and O–H groups in total. The Hall–Kier alpha value is -3.35. The molecular formula is C23H20FNO5. The highest BCUT2D eigenvalue weighted by Crippen LogP contribution is 2.33. The van der Waals surface area contributed by atoms with Gasteiger partial charge in [0.1, 0.15) is 24.6 Å². The fourth-order valence-corrected chi connectivity index (χ4v) is 4.05. The van der Waals surface area contributed by atoms with Gasteiger partial charge in [-0.05, 0) is 55.3 Å². The summed E-state index contributed by atoms with van der Waals surface area (Å²) in [6.45, 7) is 1.91. The van der Waals surface area contributed by atoms with Gasteiger partial charge in [0, 0.05) is 30.0 Å². The van der Waals surface area contributed by atoms with Crippen LogP contribution in [0.3, 0.4) is 0 Å². The monoisotopic (exact) mass is 409 g/mol. The van der Waals surface area contributed by atoms with Crippen LogP contribution in [-0.2, 0) is 0 Å². The second-order valence-electron chi connectivity index (χ2n) is 7.58. The number of hydrogen-bond acceptors (Lipinski definition) is 5. The first-order valence-corrected chi connectivity index (χ1v) is 10.0. The number of halogens is 1. The molecule has 6 nitrogen and oxygen atoms in total. The number of carbonyl (C=O) groups is 2. The second-order valence-corrected chi connectivity index (χ2v) is 7.58. The highest BCUT2D eigenvalue weighted by atomic mass is 19.1. The Kier molecular flexibility index (Phi) is 4.65. The molecule has 0 saturated carbocycles. The summed E-state index contributed by atoms with van der Waals surface area (Å²) in [5.41, 5.74) is 1.08. The first kappa shape index (κ1) is 18.7. The molecule has 154 valence electrons. The molecule has 0 radical (unpaired) electrons. The van der Waals surface area contributed by atoms with Crippen LogP contribution in [0.1, 0.15) is 33.8 Å². The first-order valence-electron chi connectivity index (χ1n) is 10.0. The minimum atomic E-state index is -0.374. The summed E-state index contributed by atoms with van der Waals surface area (Å²) in [4.78, 5) is 27.4. The molecule has 30 heavy (non-hydrogen) atoms. The zero-order valence-electron chi connectivity index (χ0n) is 16.2. The van der Waals surface area contributed by atoms with E-state index in [4.69, 9.17) is 13.9 Å². The number of benzene rings is 2. The lowest BCUT2D eigenvalue weighted by Gasteiger charge is -2.31. The zero-order chi connectivity index (χ0) is 20.7. The van der Waals surface area contributed by atoms with E-state index >= 15 is 0 Å². The molecule has 3 aromatic rings. The third-order valence-electron chi connectivity index (χ3n) is 5.67. The zero-order valence-corrected chi connectivity index (χ0v) is 16.2. The highest BCUT2D eigenvalue weighted by Gasteiger charge is 2.30. The number of fused-ring (bicyclic) bond motifs is 2. The molecule has 0 bridgehead atoms. The van der Waals surface area contributed by atoms with Crippen LogP contribution >= 0.6 is 0 Å². The molecule has 2 aliphatic rings. The Morgan fingerprint density at radius 3 is 2.50 bits per heavy atom. The van der Waals surface area contributed by atoms with Crippen LogP contribution in [0, 0.1) is 11.7 Å². The van der Waals surface area contributed by atoms with Crippen molar-refractivity contribution in [3.8, 4) is 11.5 Å². The van der Waals surface area contributed by atoms with Gasteiger partial charge in [0.2, 0.25) is 0 Å². The van der Waals surface area contributed by atoms with Gasteiger partial charge in [-0.1, -0.05) is 0 Å². The summed E-state index contributed by atoms with van der Waals surface area (Å²) < 4.78 is 30.0. The van der Waals surface area contributed by atoms with E-state index in [2.05, 4.69) is 0 Å². The van der Waals surface area contributed by atoms with Crippen LogP contribution in [0.5, 0.6) is 11.5 Å². The van der Waals surface area contributed by atoms with Crippen LogP contribution in [0.2, 0.25) is 0 Å². The van der Waals surface area contributed by atoms with Crippen LogP contribution in [0.25, 0.3) is 11.0 Å². The summed E-state index contributed by atoms with van der Waals surface area (Å²) in [6, 6.07) is 11.0. The number of amides is 1. The number of ether oxygens (including phenoxy) is 2. The average Bonchev–Trinajstić information content (AvgIpc) is 3.21. The molecule has 1 saturated heterocycles. The Morgan fingerprint density at radius 2 is 1.70 bits per heavy atom. The molecule has 2 aromatic carbocycles. The van der Waals surface area contributed by atoms with Crippen molar-refractivity contribution in [2.24, 2.45) is 5.92 Å². The van der Waals surface area contributed by atoms with Gasteiger partial charge in [0.25, 0.3) is 5.91 Å². The number of carbonyl (C=O) groups excluding carboxylic acids is 2. The predicted octanol–water partition coefficient (Wildman–Crippen LogP) is 4.08. The van der Waals surface area contributed by atoms with Crippen molar-refractivity contribution in [1.29, 1.82) is 0 Å². The highest BCUT2D eigenvalue weighted by molar-refractivity contribution is 5.99. The topological polar surface area (TPSA) is 69.0 Å². The third kappa shape index (κ3) is 3.40. The lowest BCUT2D eigenvalue weighted by atomic mass is 9.88. The van der Waals surface area contributed by atoms with Gasteiger partial charge in [-0.3, -0.25) is 9.59 Å². The fraction of sp³-hybridized carbons (Fsp3) is 0.304. The van der Waals surface area contributed by atoms with E-state index in [1.54, 1.807) is 29.2 Å². The maximum atomic E-state index is 13.4. The largest absolute Gasteiger partial charge is 0.486 e. The summed E-state index contributed by atoms with van der Waals surface area (Å²) in [5.74, 6) is 0.731. The summed E-state index contributed by atoms with van der Waals surface area (Å²) in [7, 11) is 0. The molecule has 0 spiro atoms. The minimum absolute atomic E-state index is 0.0540. The molecule has 1 fully saturated rings. The van der Waals surface area contributed by atoms with E-state index < -0.39 is 0 Å². The average molecular weight is 409 g/mol. The molecule has 2 aliphatic heterocycles. The van der Waals surface area contributed by atoms with Crippen LogP contribution < -0.4 is 9.47 Å². The maximum absolute atomic E-state index is 13.4. The van der Waals surface area contributed by atoms with Crippen LogP contribution in [-0.4, -0.2) is 42.9 Å². The lowest BCUT2D eigenvalue weighted by molar-refractivity contribution is 0.0626. The van der Waals surface area contributed by atoms with E-state index in [1.165, 1.54) is 18.2 Å². The quantitative estimate of drug-likeness (QED) is 0.610. The van der Waals surface area contributed by atoms with Gasteiger partial charge in [0.15, 0.2) is 23.0 Å². The molecule has 0 unspecified atom stereocenters. The SMILES string of the molecule is O=C(c1ccc2c(c1)OCCO2)C1CCN(C(=O)c2cc3cc(F)ccc3o2)CC1. The van der Waals surface area contributed by atoms with Crippen molar-refractivity contribution in [2.75, 3.05) is 26.3 Å². The number of hydrogen-bond donors (Lipinski definition) is 0.